The lowest BCUT2D eigenvalue weighted by molar-refractivity contribution is -0.134. The predicted molar refractivity (Wildman–Crippen MR) is 50.8 cm³/mol. The van der Waals surface area contributed by atoms with Crippen LogP contribution >= 0.6 is 11.6 Å². The minimum atomic E-state index is -4.20. The van der Waals surface area contributed by atoms with Crippen molar-refractivity contribution in [2.75, 3.05) is 11.9 Å². The second kappa shape index (κ2) is 5.29. The molecular weight excluding hydrogens is 250 g/mol. The molecule has 0 aliphatic carbocycles. The molecule has 16 heavy (non-hydrogen) atoms. The molecule has 0 bridgehead atoms. The first kappa shape index (κ1) is 13.0. The Morgan fingerprint density at radius 1 is 1.38 bits per heavy atom. The highest BCUT2D eigenvalue weighted by atomic mass is 35.5. The van der Waals surface area contributed by atoms with Gasteiger partial charge in [0.25, 0.3) is 0 Å². The molecule has 0 amide bonds. The number of nitrogens with one attached hydrogen (secondary N) is 1. The zero-order valence-corrected chi connectivity index (χ0v) is 8.74. The van der Waals surface area contributed by atoms with Crippen LogP contribution in [0.3, 0.4) is 0 Å². The standard InChI is InChI=1S/C8H8ClF4N3/c9-7-15-4-5(10)6(16-7)14-3-1-2-8(11,12)13/h4H,1-3H2,(H,14,15,16). The average Bonchev–Trinajstić information content (AvgIpc) is 2.16. The van der Waals surface area contributed by atoms with Gasteiger partial charge < -0.3 is 5.32 Å². The van der Waals surface area contributed by atoms with Gasteiger partial charge in [-0.1, -0.05) is 0 Å². The SMILES string of the molecule is Fc1cnc(Cl)nc1NCCCC(F)(F)F. The van der Waals surface area contributed by atoms with Gasteiger partial charge in [-0.15, -0.1) is 0 Å². The van der Waals surface area contributed by atoms with Gasteiger partial charge in [0.2, 0.25) is 5.28 Å². The lowest BCUT2D eigenvalue weighted by Gasteiger charge is -2.08. The van der Waals surface area contributed by atoms with E-state index in [4.69, 9.17) is 11.6 Å². The molecule has 0 spiro atoms. The fourth-order valence-corrected chi connectivity index (χ4v) is 1.10. The predicted octanol–water partition coefficient (Wildman–Crippen LogP) is 3.02. The second-order valence-electron chi connectivity index (χ2n) is 2.98. The molecule has 0 saturated heterocycles. The molecule has 1 rings (SSSR count). The van der Waals surface area contributed by atoms with Crippen LogP contribution in [0.5, 0.6) is 0 Å². The van der Waals surface area contributed by atoms with Crippen molar-refractivity contribution in [3.8, 4) is 0 Å². The zero-order chi connectivity index (χ0) is 12.2. The molecule has 8 heteroatoms. The molecule has 0 radical (unpaired) electrons. The van der Waals surface area contributed by atoms with Crippen LogP contribution in [-0.2, 0) is 0 Å². The summed E-state index contributed by atoms with van der Waals surface area (Å²) in [4.78, 5) is 6.86. The van der Waals surface area contributed by atoms with Crippen LogP contribution in [0.15, 0.2) is 6.20 Å². The Labute approximate surface area is 93.8 Å². The van der Waals surface area contributed by atoms with Gasteiger partial charge in [0, 0.05) is 13.0 Å². The van der Waals surface area contributed by atoms with Crippen LogP contribution in [0.25, 0.3) is 0 Å². The summed E-state index contributed by atoms with van der Waals surface area (Å²) in [6, 6.07) is 0. The Kier molecular flexibility index (Phi) is 4.28. The maximum Gasteiger partial charge on any atom is 0.389 e. The van der Waals surface area contributed by atoms with E-state index in [2.05, 4.69) is 15.3 Å². The van der Waals surface area contributed by atoms with Crippen molar-refractivity contribution in [2.24, 2.45) is 0 Å². The zero-order valence-electron chi connectivity index (χ0n) is 7.98. The second-order valence-corrected chi connectivity index (χ2v) is 3.32. The van der Waals surface area contributed by atoms with E-state index in [0.29, 0.717) is 0 Å². The van der Waals surface area contributed by atoms with Crippen LogP contribution in [-0.4, -0.2) is 22.7 Å². The van der Waals surface area contributed by atoms with E-state index in [0.717, 1.165) is 6.20 Å². The molecule has 1 aromatic heterocycles. The fourth-order valence-electron chi connectivity index (χ4n) is 0.965. The van der Waals surface area contributed by atoms with Gasteiger partial charge in [-0.25, -0.2) is 9.37 Å². The maximum atomic E-state index is 13.0. The third-order valence-corrected chi connectivity index (χ3v) is 1.83. The first-order chi connectivity index (χ1) is 7.38. The number of nitrogens with zero attached hydrogens (tertiary/aromatic N) is 2. The Morgan fingerprint density at radius 2 is 2.06 bits per heavy atom. The summed E-state index contributed by atoms with van der Waals surface area (Å²) in [7, 11) is 0. The van der Waals surface area contributed by atoms with E-state index in [1.165, 1.54) is 0 Å². The molecule has 0 unspecified atom stereocenters. The third kappa shape index (κ3) is 4.61. The quantitative estimate of drug-likeness (QED) is 0.512. The molecule has 3 nitrogen and oxygen atoms in total. The molecule has 1 aromatic rings. The van der Waals surface area contributed by atoms with E-state index < -0.39 is 18.4 Å². The van der Waals surface area contributed by atoms with Crippen molar-refractivity contribution in [3.63, 3.8) is 0 Å². The smallest absolute Gasteiger partial charge is 0.367 e. The molecule has 1 N–H and O–H groups in total. The minimum Gasteiger partial charge on any atom is -0.367 e. The van der Waals surface area contributed by atoms with Crippen LogP contribution in [0, 0.1) is 5.82 Å². The van der Waals surface area contributed by atoms with Gasteiger partial charge in [0.15, 0.2) is 11.6 Å². The van der Waals surface area contributed by atoms with Gasteiger partial charge in [0.1, 0.15) is 0 Å². The minimum absolute atomic E-state index is 0.0379. The number of anilines is 1. The summed E-state index contributed by atoms with van der Waals surface area (Å²) in [5.41, 5.74) is 0. The maximum absolute atomic E-state index is 13.0. The van der Waals surface area contributed by atoms with E-state index in [1.807, 2.05) is 0 Å². The van der Waals surface area contributed by atoms with Gasteiger partial charge in [0.05, 0.1) is 6.20 Å². The van der Waals surface area contributed by atoms with E-state index in [-0.39, 0.29) is 24.1 Å². The number of hydrogen-bond donors (Lipinski definition) is 1. The van der Waals surface area contributed by atoms with E-state index in [9.17, 15) is 17.6 Å². The van der Waals surface area contributed by atoms with Crippen LogP contribution in [0.1, 0.15) is 12.8 Å². The monoisotopic (exact) mass is 257 g/mol. The Bertz CT molecular complexity index is 356. The van der Waals surface area contributed by atoms with Crippen molar-refractivity contribution < 1.29 is 17.6 Å². The van der Waals surface area contributed by atoms with Crippen molar-refractivity contribution in [3.05, 3.63) is 17.3 Å². The molecule has 0 aliphatic rings. The Morgan fingerprint density at radius 3 is 2.69 bits per heavy atom. The van der Waals surface area contributed by atoms with Crippen molar-refractivity contribution in [2.45, 2.75) is 19.0 Å². The third-order valence-electron chi connectivity index (χ3n) is 1.64. The summed E-state index contributed by atoms with van der Waals surface area (Å²) in [5.74, 6) is -0.946. The summed E-state index contributed by atoms with van der Waals surface area (Å²) < 4.78 is 48.3. The molecule has 0 saturated carbocycles. The van der Waals surface area contributed by atoms with Crippen molar-refractivity contribution in [1.82, 2.24) is 9.97 Å². The highest BCUT2D eigenvalue weighted by Gasteiger charge is 2.25. The van der Waals surface area contributed by atoms with Gasteiger partial charge in [-0.05, 0) is 18.0 Å². The molecule has 0 aromatic carbocycles. The summed E-state index contributed by atoms with van der Waals surface area (Å²) in [6.07, 6.45) is -4.45. The number of alkyl halides is 3. The average molecular weight is 258 g/mol. The summed E-state index contributed by atoms with van der Waals surface area (Å²) in [5, 5.41) is 2.25. The molecule has 0 atom stereocenters. The Balaban J connectivity index is 2.40. The van der Waals surface area contributed by atoms with Crippen LogP contribution in [0.4, 0.5) is 23.4 Å². The summed E-state index contributed by atoms with van der Waals surface area (Å²) >= 11 is 5.39. The molecular formula is C8H8ClF4N3. The highest BCUT2D eigenvalue weighted by molar-refractivity contribution is 6.28. The highest BCUT2D eigenvalue weighted by Crippen LogP contribution is 2.21. The molecule has 0 aliphatic heterocycles. The number of hydrogen-bond acceptors (Lipinski definition) is 3. The van der Waals surface area contributed by atoms with Crippen LogP contribution < -0.4 is 5.32 Å². The number of rotatable bonds is 4. The number of aromatic nitrogens is 2. The fraction of sp³-hybridized carbons (Fsp3) is 0.500. The Hall–Kier alpha value is -1.11. The topological polar surface area (TPSA) is 37.8 Å². The molecule has 1 heterocycles. The number of halogens is 5. The van der Waals surface area contributed by atoms with E-state index >= 15 is 0 Å². The normalized spacial score (nSPS) is 11.6. The van der Waals surface area contributed by atoms with Gasteiger partial charge in [-0.3, -0.25) is 0 Å². The van der Waals surface area contributed by atoms with Gasteiger partial charge in [-0.2, -0.15) is 18.2 Å². The molecule has 90 valence electrons. The first-order valence-corrected chi connectivity index (χ1v) is 4.75. The molecule has 0 fully saturated rings. The van der Waals surface area contributed by atoms with Gasteiger partial charge >= 0.3 is 6.18 Å². The lowest BCUT2D eigenvalue weighted by Crippen LogP contribution is -2.12. The van der Waals surface area contributed by atoms with E-state index in [1.54, 1.807) is 0 Å². The van der Waals surface area contributed by atoms with Crippen molar-refractivity contribution in [1.29, 1.82) is 0 Å². The first-order valence-electron chi connectivity index (χ1n) is 4.37. The lowest BCUT2D eigenvalue weighted by atomic mass is 10.3. The summed E-state index contributed by atoms with van der Waals surface area (Å²) in [6.45, 7) is -0.0379. The largest absolute Gasteiger partial charge is 0.389 e. The van der Waals surface area contributed by atoms with Crippen LogP contribution in [0.2, 0.25) is 5.28 Å². The van der Waals surface area contributed by atoms with Crippen molar-refractivity contribution >= 4 is 17.4 Å².